The molecule has 6 N–H and O–H groups in total. The van der Waals surface area contributed by atoms with Gasteiger partial charge in [0, 0.05) is 18.7 Å². The van der Waals surface area contributed by atoms with Crippen LogP contribution in [-0.2, 0) is 13.1 Å². The number of nitrogens with two attached hydrogens (primary N) is 2. The van der Waals surface area contributed by atoms with Gasteiger partial charge in [-0.1, -0.05) is 70.2 Å². The van der Waals surface area contributed by atoms with Crippen molar-refractivity contribution >= 4 is 90.4 Å². The van der Waals surface area contributed by atoms with Crippen molar-refractivity contribution in [1.29, 1.82) is 0 Å². The Labute approximate surface area is 350 Å². The van der Waals surface area contributed by atoms with E-state index >= 15 is 0 Å². The summed E-state index contributed by atoms with van der Waals surface area (Å²) in [6.45, 7) is 15.4. The SMILES string of the molecule is CC(C)Cn1nc(I)c2c(N)ncnc21.CCOc1ccc2cc(-c3nn(CC(C)C)c4ncnc(N)c34)ccc2c1.CCOc1ccc2cc(B(O)O)ccc2c1. The van der Waals surface area contributed by atoms with Gasteiger partial charge in [0.25, 0.3) is 0 Å². The zero-order valence-corrected chi connectivity index (χ0v) is 35.6. The van der Waals surface area contributed by atoms with Crippen LogP contribution in [-0.4, -0.2) is 69.9 Å². The number of benzene rings is 4. The van der Waals surface area contributed by atoms with Gasteiger partial charge in [0.05, 0.1) is 24.0 Å². The molecular weight excluding hydrogens is 846 g/mol. The molecule has 0 fully saturated rings. The summed E-state index contributed by atoms with van der Waals surface area (Å²) in [6.07, 6.45) is 2.97. The average Bonchev–Trinajstić information content (AvgIpc) is 3.72. The lowest BCUT2D eigenvalue weighted by Gasteiger charge is -2.06. The molecule has 14 nitrogen and oxygen atoms in total. The summed E-state index contributed by atoms with van der Waals surface area (Å²) in [7, 11) is -1.42. The molecule has 16 heteroatoms. The van der Waals surface area contributed by atoms with E-state index in [0.717, 1.165) is 83.2 Å². The van der Waals surface area contributed by atoms with Crippen LogP contribution in [0.3, 0.4) is 0 Å². The van der Waals surface area contributed by atoms with Crippen molar-refractivity contribution in [2.45, 2.75) is 54.6 Å². The molecule has 0 bridgehead atoms. The Bertz CT molecular complexity index is 2670. The summed E-state index contributed by atoms with van der Waals surface area (Å²) in [5.74, 6) is 3.64. The van der Waals surface area contributed by atoms with Crippen molar-refractivity contribution < 1.29 is 19.5 Å². The molecule has 0 amide bonds. The minimum absolute atomic E-state index is 0.450. The van der Waals surface area contributed by atoms with Crippen LogP contribution in [0.1, 0.15) is 41.5 Å². The van der Waals surface area contributed by atoms with E-state index in [1.54, 1.807) is 12.1 Å². The first-order valence-corrected chi connectivity index (χ1v) is 20.2. The van der Waals surface area contributed by atoms with Gasteiger partial charge in [-0.3, -0.25) is 0 Å². The number of fused-ring (bicyclic) bond motifs is 4. The normalized spacial score (nSPS) is 11.2. The van der Waals surface area contributed by atoms with Crippen LogP contribution in [0.4, 0.5) is 11.6 Å². The number of ether oxygens (including phenoxy) is 2. The molecule has 58 heavy (non-hydrogen) atoms. The molecule has 0 aliphatic heterocycles. The molecule has 8 rings (SSSR count). The third-order valence-corrected chi connectivity index (χ3v) is 9.75. The quantitative estimate of drug-likeness (QED) is 0.0823. The molecule has 0 aliphatic carbocycles. The Morgan fingerprint density at radius 1 is 0.638 bits per heavy atom. The van der Waals surface area contributed by atoms with E-state index in [9.17, 15) is 0 Å². The van der Waals surface area contributed by atoms with Crippen LogP contribution in [0.15, 0.2) is 85.5 Å². The third kappa shape index (κ3) is 9.74. The van der Waals surface area contributed by atoms with Gasteiger partial charge in [-0.05, 0) is 106 Å². The first kappa shape index (κ1) is 42.0. The van der Waals surface area contributed by atoms with E-state index in [4.69, 9.17) is 36.1 Å². The highest BCUT2D eigenvalue weighted by Crippen LogP contribution is 2.33. The molecule has 300 valence electrons. The lowest BCUT2D eigenvalue weighted by Crippen LogP contribution is -2.29. The molecular formula is C42H48BIN10O4. The number of aromatic nitrogens is 8. The molecule has 0 unspecified atom stereocenters. The van der Waals surface area contributed by atoms with Crippen molar-refractivity contribution in [3.05, 3.63) is 89.2 Å². The number of halogens is 1. The van der Waals surface area contributed by atoms with E-state index < -0.39 is 7.12 Å². The predicted molar refractivity (Wildman–Crippen MR) is 241 cm³/mol. The van der Waals surface area contributed by atoms with Crippen molar-refractivity contribution in [1.82, 2.24) is 39.5 Å². The fourth-order valence-electron chi connectivity index (χ4n) is 6.45. The Balaban J connectivity index is 0.000000157. The lowest BCUT2D eigenvalue weighted by molar-refractivity contribution is 0.340. The molecule has 0 spiro atoms. The Morgan fingerprint density at radius 2 is 1.12 bits per heavy atom. The molecule has 0 radical (unpaired) electrons. The van der Waals surface area contributed by atoms with E-state index in [2.05, 4.69) is 106 Å². The summed E-state index contributed by atoms with van der Waals surface area (Å²) in [5, 5.41) is 33.2. The smallest absolute Gasteiger partial charge is 0.488 e. The number of hydrogen-bond donors (Lipinski definition) is 4. The van der Waals surface area contributed by atoms with Crippen LogP contribution in [0.25, 0.3) is 54.9 Å². The third-order valence-electron chi connectivity index (χ3n) is 8.99. The summed E-state index contributed by atoms with van der Waals surface area (Å²) in [5.41, 5.74) is 15.9. The number of rotatable bonds is 10. The summed E-state index contributed by atoms with van der Waals surface area (Å²) in [6, 6.07) is 23.4. The van der Waals surface area contributed by atoms with Crippen LogP contribution < -0.4 is 26.4 Å². The first-order valence-electron chi connectivity index (χ1n) is 19.2. The van der Waals surface area contributed by atoms with E-state index in [1.165, 1.54) is 12.7 Å². The molecule has 4 heterocycles. The second-order valence-corrected chi connectivity index (χ2v) is 15.5. The summed E-state index contributed by atoms with van der Waals surface area (Å²) >= 11 is 2.16. The van der Waals surface area contributed by atoms with Crippen LogP contribution in [0.5, 0.6) is 11.5 Å². The molecule has 0 atom stereocenters. The first-order chi connectivity index (χ1) is 27.9. The Hall–Kier alpha value is -5.59. The van der Waals surface area contributed by atoms with E-state index in [0.29, 0.717) is 42.1 Å². The molecule has 0 saturated heterocycles. The van der Waals surface area contributed by atoms with Gasteiger partial charge >= 0.3 is 7.12 Å². The Morgan fingerprint density at radius 3 is 1.67 bits per heavy atom. The number of anilines is 2. The molecule has 0 saturated carbocycles. The molecule has 4 aromatic carbocycles. The van der Waals surface area contributed by atoms with Gasteiger partial charge in [-0.2, -0.15) is 10.2 Å². The predicted octanol–water partition coefficient (Wildman–Crippen LogP) is 6.87. The van der Waals surface area contributed by atoms with E-state index in [1.807, 2.05) is 53.5 Å². The monoisotopic (exact) mass is 894 g/mol. The van der Waals surface area contributed by atoms with Gasteiger partial charge in [0.15, 0.2) is 11.3 Å². The maximum Gasteiger partial charge on any atom is 0.488 e. The molecule has 4 aromatic heterocycles. The van der Waals surface area contributed by atoms with Gasteiger partial charge in [-0.25, -0.2) is 29.3 Å². The average molecular weight is 895 g/mol. The largest absolute Gasteiger partial charge is 0.494 e. The number of nitrogens with zero attached hydrogens (tertiary/aromatic N) is 8. The minimum atomic E-state index is -1.42. The minimum Gasteiger partial charge on any atom is -0.494 e. The van der Waals surface area contributed by atoms with Crippen molar-refractivity contribution in [2.75, 3.05) is 24.7 Å². The van der Waals surface area contributed by atoms with Crippen LogP contribution >= 0.6 is 22.6 Å². The van der Waals surface area contributed by atoms with Crippen LogP contribution in [0, 0.1) is 15.5 Å². The van der Waals surface area contributed by atoms with Crippen molar-refractivity contribution in [2.24, 2.45) is 11.8 Å². The van der Waals surface area contributed by atoms with E-state index in [-0.39, 0.29) is 0 Å². The van der Waals surface area contributed by atoms with Gasteiger partial charge in [0.1, 0.15) is 45.2 Å². The summed E-state index contributed by atoms with van der Waals surface area (Å²) in [4.78, 5) is 16.8. The summed E-state index contributed by atoms with van der Waals surface area (Å²) < 4.78 is 15.7. The highest BCUT2D eigenvalue weighted by atomic mass is 127. The van der Waals surface area contributed by atoms with Gasteiger partial charge in [-0.15, -0.1) is 0 Å². The van der Waals surface area contributed by atoms with Gasteiger partial charge in [0.2, 0.25) is 0 Å². The van der Waals surface area contributed by atoms with Crippen LogP contribution in [0.2, 0.25) is 0 Å². The molecule has 8 aromatic rings. The zero-order chi connectivity index (χ0) is 41.5. The van der Waals surface area contributed by atoms with Gasteiger partial charge < -0.3 is 31.0 Å². The van der Waals surface area contributed by atoms with Crippen molar-refractivity contribution in [3.8, 4) is 22.8 Å². The fourth-order valence-corrected chi connectivity index (χ4v) is 7.23. The number of nitrogen functional groups attached to an aromatic ring is 2. The standard InChI is InChI=1S/C21H23N5O.C12H13BO3.C9H12IN5/c1-4-27-17-8-7-14-9-16(6-5-15(14)10-17)19-18-20(22)23-12-24-21(18)26(25-19)11-13(2)3;1-2-16-12-6-4-9-7-11(13(14)15)5-3-10(9)8-12;1-5(2)3-15-9-6(7(10)14-15)8(11)12-4-13-9/h5-10,12-13H,4,11H2,1-3H3,(H2,22,23,24);3-8,14-15H,2H2,1H3;4-5H,3H2,1-2H3,(H2,11,12,13). The fraction of sp³-hybridized carbons (Fsp3) is 0.286. The highest BCUT2D eigenvalue weighted by molar-refractivity contribution is 14.1. The maximum atomic E-state index is 9.05. The molecule has 0 aliphatic rings. The maximum absolute atomic E-state index is 9.05. The second-order valence-electron chi connectivity index (χ2n) is 14.4. The highest BCUT2D eigenvalue weighted by Gasteiger charge is 2.18. The zero-order valence-electron chi connectivity index (χ0n) is 33.5. The lowest BCUT2D eigenvalue weighted by atomic mass is 9.79. The topological polar surface area (TPSA) is 198 Å². The second kappa shape index (κ2) is 18.8. The number of hydrogen-bond acceptors (Lipinski definition) is 12. The Kier molecular flexibility index (Phi) is 13.6. The van der Waals surface area contributed by atoms with Crippen molar-refractivity contribution in [3.63, 3.8) is 0 Å².